The molecular weight excluding hydrogens is 286 g/mol. The van der Waals surface area contributed by atoms with Gasteiger partial charge < -0.3 is 9.84 Å². The Kier molecular flexibility index (Phi) is 4.33. The van der Waals surface area contributed by atoms with E-state index in [1.165, 1.54) is 36.4 Å². The normalized spacial score (nSPS) is 9.59. The number of hydrogen-bond donors (Lipinski definition) is 1. The van der Waals surface area contributed by atoms with Crippen molar-refractivity contribution in [1.82, 2.24) is 0 Å². The lowest BCUT2D eigenvalue weighted by Gasteiger charge is -2.10. The minimum absolute atomic E-state index is 0.158. The zero-order chi connectivity index (χ0) is 16.1. The molecular formula is C15H9N3O4. The Hall–Kier alpha value is -3.42. The van der Waals surface area contributed by atoms with Gasteiger partial charge in [-0.25, -0.2) is 0 Å². The third-order valence-electron chi connectivity index (χ3n) is 2.88. The SMILES string of the molecule is N#Cc1ccc(Oc2ccc([N+](=O)[O-])cc2CO)cc1C#N. The van der Waals surface area contributed by atoms with E-state index in [0.29, 0.717) is 5.75 Å². The number of nitro groups is 1. The minimum Gasteiger partial charge on any atom is -0.457 e. The van der Waals surface area contributed by atoms with Crippen LogP contribution in [0.3, 0.4) is 0 Å². The largest absolute Gasteiger partial charge is 0.457 e. The molecule has 0 saturated heterocycles. The van der Waals surface area contributed by atoms with Crippen molar-refractivity contribution in [2.45, 2.75) is 6.61 Å². The molecule has 0 aromatic heterocycles. The lowest BCUT2D eigenvalue weighted by atomic mass is 10.1. The van der Waals surface area contributed by atoms with Crippen molar-refractivity contribution < 1.29 is 14.8 Å². The van der Waals surface area contributed by atoms with E-state index in [0.717, 1.165) is 0 Å². The summed E-state index contributed by atoms with van der Waals surface area (Å²) in [5.74, 6) is 0.529. The molecule has 0 spiro atoms. The maximum atomic E-state index is 10.7. The highest BCUT2D eigenvalue weighted by atomic mass is 16.6. The Morgan fingerprint density at radius 1 is 1.14 bits per heavy atom. The first-order valence-electron chi connectivity index (χ1n) is 6.09. The van der Waals surface area contributed by atoms with Crippen LogP contribution >= 0.6 is 0 Å². The number of non-ortho nitro benzene ring substituents is 1. The van der Waals surface area contributed by atoms with Gasteiger partial charge in [-0.2, -0.15) is 10.5 Å². The van der Waals surface area contributed by atoms with Crippen LogP contribution in [-0.4, -0.2) is 10.0 Å². The molecule has 0 bridgehead atoms. The fraction of sp³-hybridized carbons (Fsp3) is 0.0667. The number of benzene rings is 2. The predicted molar refractivity (Wildman–Crippen MR) is 75.0 cm³/mol. The Labute approximate surface area is 125 Å². The van der Waals surface area contributed by atoms with Gasteiger partial charge in [0.05, 0.1) is 22.7 Å². The molecule has 108 valence electrons. The fourth-order valence-corrected chi connectivity index (χ4v) is 1.81. The first-order chi connectivity index (χ1) is 10.6. The van der Waals surface area contributed by atoms with Gasteiger partial charge in [-0.1, -0.05) is 0 Å². The average Bonchev–Trinajstić information content (AvgIpc) is 2.54. The maximum absolute atomic E-state index is 10.7. The van der Waals surface area contributed by atoms with E-state index >= 15 is 0 Å². The Bertz CT molecular complexity index is 819. The van der Waals surface area contributed by atoms with Crippen LogP contribution in [0.5, 0.6) is 11.5 Å². The molecule has 0 unspecified atom stereocenters. The number of nitrogens with zero attached hydrogens (tertiary/aromatic N) is 3. The Morgan fingerprint density at radius 3 is 2.45 bits per heavy atom. The van der Waals surface area contributed by atoms with Gasteiger partial charge in [-0.05, 0) is 24.3 Å². The van der Waals surface area contributed by atoms with Crippen molar-refractivity contribution in [3.05, 3.63) is 63.2 Å². The molecule has 0 amide bonds. The lowest BCUT2D eigenvalue weighted by Crippen LogP contribution is -1.95. The van der Waals surface area contributed by atoms with E-state index in [1.807, 2.05) is 12.1 Å². The molecule has 7 heteroatoms. The molecule has 0 aliphatic rings. The second-order valence-electron chi connectivity index (χ2n) is 4.24. The van der Waals surface area contributed by atoms with Crippen molar-refractivity contribution in [1.29, 1.82) is 10.5 Å². The van der Waals surface area contributed by atoms with Crippen molar-refractivity contribution in [2.75, 3.05) is 0 Å². The maximum Gasteiger partial charge on any atom is 0.270 e. The van der Waals surface area contributed by atoms with E-state index in [9.17, 15) is 15.2 Å². The fourth-order valence-electron chi connectivity index (χ4n) is 1.81. The second kappa shape index (κ2) is 6.35. The van der Waals surface area contributed by atoms with Crippen LogP contribution in [0.25, 0.3) is 0 Å². The smallest absolute Gasteiger partial charge is 0.270 e. The Balaban J connectivity index is 2.37. The van der Waals surface area contributed by atoms with Crippen LogP contribution in [0.15, 0.2) is 36.4 Å². The average molecular weight is 295 g/mol. The molecule has 0 radical (unpaired) electrons. The van der Waals surface area contributed by atoms with Crippen LogP contribution in [-0.2, 0) is 6.61 Å². The molecule has 0 saturated carbocycles. The van der Waals surface area contributed by atoms with Crippen molar-refractivity contribution in [2.24, 2.45) is 0 Å². The highest BCUT2D eigenvalue weighted by molar-refractivity contribution is 5.51. The minimum atomic E-state index is -0.571. The van der Waals surface area contributed by atoms with E-state index in [2.05, 4.69) is 0 Å². The summed E-state index contributed by atoms with van der Waals surface area (Å²) in [5, 5.41) is 37.8. The molecule has 2 rings (SSSR count). The Morgan fingerprint density at radius 2 is 1.86 bits per heavy atom. The molecule has 0 aliphatic heterocycles. The molecule has 0 atom stereocenters. The van der Waals surface area contributed by atoms with Gasteiger partial charge in [-0.3, -0.25) is 10.1 Å². The monoisotopic (exact) mass is 295 g/mol. The zero-order valence-electron chi connectivity index (χ0n) is 11.2. The third kappa shape index (κ3) is 3.01. The zero-order valence-corrected chi connectivity index (χ0v) is 11.2. The molecule has 22 heavy (non-hydrogen) atoms. The highest BCUT2D eigenvalue weighted by Crippen LogP contribution is 2.29. The standard InChI is InChI=1S/C15H9N3O4/c16-7-10-1-3-14(6-11(10)8-17)22-15-4-2-13(18(20)21)5-12(15)9-19/h1-6,19H,9H2. The van der Waals surface area contributed by atoms with Gasteiger partial charge in [0.25, 0.3) is 5.69 Å². The van der Waals surface area contributed by atoms with Crippen LogP contribution in [0, 0.1) is 32.8 Å². The molecule has 0 fully saturated rings. The molecule has 1 N–H and O–H groups in total. The number of ether oxygens (including phenoxy) is 1. The van der Waals surface area contributed by atoms with Crippen LogP contribution in [0.2, 0.25) is 0 Å². The highest BCUT2D eigenvalue weighted by Gasteiger charge is 2.12. The first kappa shape index (κ1) is 15.0. The topological polar surface area (TPSA) is 120 Å². The summed E-state index contributed by atoms with van der Waals surface area (Å²) in [5.41, 5.74) is 0.472. The van der Waals surface area contributed by atoms with Gasteiger partial charge in [-0.15, -0.1) is 0 Å². The summed E-state index contributed by atoms with van der Waals surface area (Å²) < 4.78 is 5.53. The lowest BCUT2D eigenvalue weighted by molar-refractivity contribution is -0.385. The van der Waals surface area contributed by atoms with Gasteiger partial charge in [0, 0.05) is 17.7 Å². The summed E-state index contributed by atoms with van der Waals surface area (Å²) in [6, 6.07) is 11.9. The summed E-state index contributed by atoms with van der Waals surface area (Å²) in [7, 11) is 0. The number of rotatable bonds is 4. The van der Waals surface area contributed by atoms with Crippen molar-refractivity contribution in [3.63, 3.8) is 0 Å². The predicted octanol–water partition coefficient (Wildman–Crippen LogP) is 2.62. The summed E-state index contributed by atoms with van der Waals surface area (Å²) in [6.45, 7) is -0.432. The van der Waals surface area contributed by atoms with E-state index in [-0.39, 0.29) is 28.1 Å². The summed E-state index contributed by atoms with van der Waals surface area (Å²) in [6.07, 6.45) is 0. The van der Waals surface area contributed by atoms with Crippen molar-refractivity contribution >= 4 is 5.69 Å². The molecule has 0 heterocycles. The third-order valence-corrected chi connectivity index (χ3v) is 2.88. The number of nitro benzene ring substituents is 1. The number of aliphatic hydroxyl groups excluding tert-OH is 1. The number of nitriles is 2. The van der Waals surface area contributed by atoms with Crippen LogP contribution in [0.1, 0.15) is 16.7 Å². The molecule has 0 aliphatic carbocycles. The van der Waals surface area contributed by atoms with Crippen LogP contribution < -0.4 is 4.74 Å². The number of hydrogen-bond acceptors (Lipinski definition) is 6. The van der Waals surface area contributed by atoms with E-state index in [4.69, 9.17) is 15.3 Å². The second-order valence-corrected chi connectivity index (χ2v) is 4.24. The molecule has 7 nitrogen and oxygen atoms in total. The van der Waals surface area contributed by atoms with Gasteiger partial charge >= 0.3 is 0 Å². The van der Waals surface area contributed by atoms with Crippen LogP contribution in [0.4, 0.5) is 5.69 Å². The van der Waals surface area contributed by atoms with Gasteiger partial charge in [0.1, 0.15) is 23.6 Å². The molecule has 2 aromatic carbocycles. The first-order valence-corrected chi connectivity index (χ1v) is 6.09. The quantitative estimate of drug-likeness (QED) is 0.683. The van der Waals surface area contributed by atoms with Gasteiger partial charge in [0.2, 0.25) is 0 Å². The van der Waals surface area contributed by atoms with E-state index in [1.54, 1.807) is 0 Å². The molecule has 2 aromatic rings. The number of aliphatic hydroxyl groups is 1. The van der Waals surface area contributed by atoms with E-state index < -0.39 is 11.5 Å². The van der Waals surface area contributed by atoms with Crippen molar-refractivity contribution in [3.8, 4) is 23.6 Å². The van der Waals surface area contributed by atoms with Gasteiger partial charge in [0.15, 0.2) is 0 Å². The summed E-state index contributed by atoms with van der Waals surface area (Å²) in [4.78, 5) is 10.1. The summed E-state index contributed by atoms with van der Waals surface area (Å²) >= 11 is 0.